The highest BCUT2D eigenvalue weighted by Gasteiger charge is 1.99. The van der Waals surface area contributed by atoms with Crippen LogP contribution in [0.4, 0.5) is 10.1 Å². The third-order valence-corrected chi connectivity index (χ3v) is 2.11. The number of halogens is 1. The number of rotatable bonds is 1. The Hall–Kier alpha value is -1.57. The van der Waals surface area contributed by atoms with Crippen molar-refractivity contribution in [1.29, 1.82) is 0 Å². The number of nitrogens with one attached hydrogen (secondary N) is 1. The van der Waals surface area contributed by atoms with E-state index in [-0.39, 0.29) is 5.82 Å². The van der Waals surface area contributed by atoms with Crippen LogP contribution in [0.15, 0.2) is 36.4 Å². The largest absolute Gasteiger partial charge is 0.388 e. The number of benzene rings is 2. The molecule has 0 aliphatic heterocycles. The Balaban J connectivity index is 2.79. The number of anilines is 1. The highest BCUT2D eigenvalue weighted by Crippen LogP contribution is 2.23. The van der Waals surface area contributed by atoms with Gasteiger partial charge in [-0.3, -0.25) is 0 Å². The molecule has 2 aromatic rings. The van der Waals surface area contributed by atoms with Gasteiger partial charge in [-0.2, -0.15) is 0 Å². The summed E-state index contributed by atoms with van der Waals surface area (Å²) in [6.45, 7) is 0. The summed E-state index contributed by atoms with van der Waals surface area (Å²) in [5.41, 5.74) is 0.956. The molecule has 0 aliphatic rings. The van der Waals surface area contributed by atoms with Crippen LogP contribution in [-0.2, 0) is 0 Å². The first-order chi connectivity index (χ1) is 6.31. The van der Waals surface area contributed by atoms with Gasteiger partial charge in [-0.25, -0.2) is 4.39 Å². The normalized spacial score (nSPS) is 10.3. The molecule has 0 fully saturated rings. The molecule has 2 heteroatoms. The maximum Gasteiger partial charge on any atom is 0.123 e. The van der Waals surface area contributed by atoms with Crippen LogP contribution in [-0.4, -0.2) is 7.05 Å². The third kappa shape index (κ3) is 1.35. The maximum absolute atomic E-state index is 12.9. The van der Waals surface area contributed by atoms with E-state index >= 15 is 0 Å². The van der Waals surface area contributed by atoms with Crippen molar-refractivity contribution in [3.63, 3.8) is 0 Å². The average molecular weight is 175 g/mol. The molecule has 0 saturated heterocycles. The van der Waals surface area contributed by atoms with Crippen LogP contribution in [0.5, 0.6) is 0 Å². The summed E-state index contributed by atoms with van der Waals surface area (Å²) >= 11 is 0. The molecule has 0 radical (unpaired) electrons. The zero-order valence-electron chi connectivity index (χ0n) is 7.34. The van der Waals surface area contributed by atoms with E-state index in [0.29, 0.717) is 0 Å². The quantitative estimate of drug-likeness (QED) is 0.702. The summed E-state index contributed by atoms with van der Waals surface area (Å²) in [5, 5.41) is 5.00. The molecule has 2 rings (SSSR count). The minimum atomic E-state index is -0.199. The van der Waals surface area contributed by atoms with Gasteiger partial charge in [0.25, 0.3) is 0 Å². The van der Waals surface area contributed by atoms with Gasteiger partial charge in [0.15, 0.2) is 0 Å². The van der Waals surface area contributed by atoms with Crippen molar-refractivity contribution >= 4 is 16.5 Å². The summed E-state index contributed by atoms with van der Waals surface area (Å²) in [7, 11) is 1.83. The third-order valence-electron chi connectivity index (χ3n) is 2.11. The van der Waals surface area contributed by atoms with Gasteiger partial charge in [-0.15, -0.1) is 0 Å². The number of hydrogen-bond donors (Lipinski definition) is 1. The van der Waals surface area contributed by atoms with Gasteiger partial charge in [0.1, 0.15) is 5.82 Å². The van der Waals surface area contributed by atoms with Crippen LogP contribution >= 0.6 is 0 Å². The van der Waals surface area contributed by atoms with Crippen molar-refractivity contribution in [2.24, 2.45) is 0 Å². The summed E-state index contributed by atoms with van der Waals surface area (Å²) in [6.07, 6.45) is 0. The molecular formula is C11H10FN. The second kappa shape index (κ2) is 3.05. The monoisotopic (exact) mass is 175 g/mol. The topological polar surface area (TPSA) is 12.0 Å². The summed E-state index contributed by atoms with van der Waals surface area (Å²) < 4.78 is 12.9. The summed E-state index contributed by atoms with van der Waals surface area (Å²) in [4.78, 5) is 0. The van der Waals surface area contributed by atoms with Crippen molar-refractivity contribution in [3.8, 4) is 0 Å². The first-order valence-electron chi connectivity index (χ1n) is 4.17. The van der Waals surface area contributed by atoms with Gasteiger partial charge in [-0.05, 0) is 23.6 Å². The van der Waals surface area contributed by atoms with E-state index in [1.54, 1.807) is 12.1 Å². The fourth-order valence-corrected chi connectivity index (χ4v) is 1.46. The molecule has 0 bridgehead atoms. The molecule has 0 unspecified atom stereocenters. The molecule has 0 aromatic heterocycles. The maximum atomic E-state index is 12.9. The van der Waals surface area contributed by atoms with Gasteiger partial charge in [-0.1, -0.05) is 18.2 Å². The van der Waals surface area contributed by atoms with Crippen LogP contribution in [0.25, 0.3) is 10.8 Å². The van der Waals surface area contributed by atoms with Gasteiger partial charge in [0.2, 0.25) is 0 Å². The first-order valence-corrected chi connectivity index (χ1v) is 4.17. The van der Waals surface area contributed by atoms with E-state index in [2.05, 4.69) is 5.32 Å². The molecule has 0 atom stereocenters. The molecule has 66 valence electrons. The number of fused-ring (bicyclic) bond motifs is 1. The van der Waals surface area contributed by atoms with E-state index in [9.17, 15) is 4.39 Å². The first kappa shape index (κ1) is 8.05. The molecule has 1 N–H and O–H groups in total. The Bertz CT molecular complexity index is 437. The smallest absolute Gasteiger partial charge is 0.123 e. The molecule has 2 aromatic carbocycles. The lowest BCUT2D eigenvalue weighted by Gasteiger charge is -2.04. The van der Waals surface area contributed by atoms with E-state index in [1.807, 2.05) is 25.2 Å². The second-order valence-electron chi connectivity index (χ2n) is 2.92. The van der Waals surface area contributed by atoms with Crippen LogP contribution < -0.4 is 5.32 Å². The fourth-order valence-electron chi connectivity index (χ4n) is 1.46. The predicted octanol–water partition coefficient (Wildman–Crippen LogP) is 3.02. The van der Waals surface area contributed by atoms with Gasteiger partial charge in [0.05, 0.1) is 0 Å². The van der Waals surface area contributed by atoms with E-state index in [4.69, 9.17) is 0 Å². The van der Waals surface area contributed by atoms with Crippen molar-refractivity contribution in [2.45, 2.75) is 0 Å². The molecule has 0 heterocycles. The Kier molecular flexibility index (Phi) is 1.89. The lowest BCUT2D eigenvalue weighted by atomic mass is 10.1. The van der Waals surface area contributed by atoms with E-state index in [1.165, 1.54) is 6.07 Å². The summed E-state index contributed by atoms with van der Waals surface area (Å²) in [6, 6.07) is 10.7. The Morgan fingerprint density at radius 3 is 2.77 bits per heavy atom. The Morgan fingerprint density at radius 2 is 2.00 bits per heavy atom. The fraction of sp³-hybridized carbons (Fsp3) is 0.0909. The van der Waals surface area contributed by atoms with Crippen molar-refractivity contribution in [1.82, 2.24) is 0 Å². The van der Waals surface area contributed by atoms with Crippen molar-refractivity contribution < 1.29 is 4.39 Å². The highest BCUT2D eigenvalue weighted by atomic mass is 19.1. The molecule has 0 spiro atoms. The molecule has 0 amide bonds. The lowest BCUT2D eigenvalue weighted by molar-refractivity contribution is 0.630. The predicted molar refractivity (Wildman–Crippen MR) is 53.5 cm³/mol. The highest BCUT2D eigenvalue weighted by molar-refractivity contribution is 5.93. The van der Waals surface area contributed by atoms with Crippen LogP contribution in [0.3, 0.4) is 0 Å². The van der Waals surface area contributed by atoms with Gasteiger partial charge < -0.3 is 5.32 Å². The molecular weight excluding hydrogens is 165 g/mol. The summed E-state index contributed by atoms with van der Waals surface area (Å²) in [5.74, 6) is -0.199. The minimum absolute atomic E-state index is 0.199. The van der Waals surface area contributed by atoms with E-state index < -0.39 is 0 Å². The molecule has 13 heavy (non-hydrogen) atoms. The van der Waals surface area contributed by atoms with E-state index in [0.717, 1.165) is 16.5 Å². The van der Waals surface area contributed by atoms with Gasteiger partial charge >= 0.3 is 0 Å². The van der Waals surface area contributed by atoms with Crippen molar-refractivity contribution in [3.05, 3.63) is 42.2 Å². The average Bonchev–Trinajstić information content (AvgIpc) is 2.17. The lowest BCUT2D eigenvalue weighted by Crippen LogP contribution is -1.89. The zero-order valence-corrected chi connectivity index (χ0v) is 7.34. The molecule has 1 nitrogen and oxygen atoms in total. The van der Waals surface area contributed by atoms with Gasteiger partial charge in [0, 0.05) is 18.1 Å². The van der Waals surface area contributed by atoms with Crippen LogP contribution in [0.2, 0.25) is 0 Å². The SMILES string of the molecule is CNc1cccc2ccc(F)cc12. The zero-order chi connectivity index (χ0) is 9.26. The number of hydrogen-bond acceptors (Lipinski definition) is 1. The Labute approximate surface area is 76.2 Å². The minimum Gasteiger partial charge on any atom is -0.388 e. The second-order valence-corrected chi connectivity index (χ2v) is 2.92. The molecule has 0 saturated carbocycles. The molecule has 0 aliphatic carbocycles. The standard InChI is InChI=1S/C11H10FN/c1-13-11-4-2-3-8-5-6-9(12)7-10(8)11/h2-7,13H,1H3. The van der Waals surface area contributed by atoms with Crippen molar-refractivity contribution in [2.75, 3.05) is 12.4 Å². The Morgan fingerprint density at radius 1 is 1.15 bits per heavy atom. The van der Waals surface area contributed by atoms with Crippen LogP contribution in [0.1, 0.15) is 0 Å². The van der Waals surface area contributed by atoms with Crippen LogP contribution in [0, 0.1) is 5.82 Å².